The van der Waals surface area contributed by atoms with Gasteiger partial charge in [0, 0.05) is 36.3 Å². The van der Waals surface area contributed by atoms with E-state index in [1.165, 1.54) is 0 Å². The lowest BCUT2D eigenvalue weighted by atomic mass is 10.0. The number of rotatable bonds is 11. The highest BCUT2D eigenvalue weighted by Crippen LogP contribution is 2.38. The molecule has 0 atom stereocenters. The van der Waals surface area contributed by atoms with Gasteiger partial charge in [0.05, 0.1) is 38.0 Å². The molecule has 4 aromatic rings. The van der Waals surface area contributed by atoms with E-state index in [0.717, 1.165) is 62.2 Å². The van der Waals surface area contributed by atoms with Crippen LogP contribution in [0.15, 0.2) is 72.9 Å². The van der Waals surface area contributed by atoms with E-state index in [1.54, 1.807) is 19.4 Å². The molecule has 0 unspecified atom stereocenters. The molecular formula is C32H34N2O5. The number of hydrogen-bond donors (Lipinski definition) is 0. The second kappa shape index (κ2) is 12.7. The minimum absolute atomic E-state index is 0.0884. The lowest BCUT2D eigenvalue weighted by Gasteiger charge is -2.26. The summed E-state index contributed by atoms with van der Waals surface area (Å²) in [6, 6.07) is 20.4. The number of aryl methyl sites for hydroxylation is 1. The van der Waals surface area contributed by atoms with Crippen molar-refractivity contribution < 1.29 is 23.7 Å². The number of unbranched alkanes of at least 4 members (excludes halogenated alkanes) is 1. The van der Waals surface area contributed by atoms with Crippen molar-refractivity contribution in [3.63, 3.8) is 0 Å². The highest BCUT2D eigenvalue weighted by atomic mass is 16.5. The zero-order chi connectivity index (χ0) is 27.0. The van der Waals surface area contributed by atoms with Gasteiger partial charge in [0.25, 0.3) is 0 Å². The SMILES string of the molecule is COc1cc2c(Oc3ccc(C)cc3C(=O)c3ccccc3)ccnc2cc1OCCCCN1CCOCC1. The molecule has 1 fully saturated rings. The molecule has 5 rings (SSSR count). The minimum Gasteiger partial charge on any atom is -0.493 e. The number of ether oxygens (including phenoxy) is 4. The van der Waals surface area contributed by atoms with Gasteiger partial charge in [-0.3, -0.25) is 14.7 Å². The van der Waals surface area contributed by atoms with Crippen LogP contribution < -0.4 is 14.2 Å². The Kier molecular flexibility index (Phi) is 8.71. The van der Waals surface area contributed by atoms with Crippen LogP contribution in [0.1, 0.15) is 34.3 Å². The maximum Gasteiger partial charge on any atom is 0.196 e. The molecule has 0 saturated carbocycles. The fourth-order valence-electron chi connectivity index (χ4n) is 4.71. The number of hydrogen-bond acceptors (Lipinski definition) is 7. The minimum atomic E-state index is -0.0884. The molecule has 2 heterocycles. The first-order valence-electron chi connectivity index (χ1n) is 13.4. The molecule has 0 radical (unpaired) electrons. The summed E-state index contributed by atoms with van der Waals surface area (Å²) < 4.78 is 23.5. The number of benzene rings is 3. The van der Waals surface area contributed by atoms with Gasteiger partial charge in [0.1, 0.15) is 11.5 Å². The number of carbonyl (C=O) groups is 1. The van der Waals surface area contributed by atoms with Gasteiger partial charge in [-0.1, -0.05) is 42.0 Å². The first kappa shape index (κ1) is 26.7. The Bertz CT molecular complexity index is 1420. The van der Waals surface area contributed by atoms with Gasteiger partial charge < -0.3 is 18.9 Å². The van der Waals surface area contributed by atoms with Crippen molar-refractivity contribution in [2.24, 2.45) is 0 Å². The Morgan fingerprint density at radius 2 is 1.74 bits per heavy atom. The quantitative estimate of drug-likeness (QED) is 0.174. The number of ketones is 1. The molecule has 0 amide bonds. The summed E-state index contributed by atoms with van der Waals surface area (Å²) in [5, 5.41) is 0.771. The van der Waals surface area contributed by atoms with E-state index in [2.05, 4.69) is 9.88 Å². The summed E-state index contributed by atoms with van der Waals surface area (Å²) in [5.74, 6) is 2.24. The maximum atomic E-state index is 13.3. The number of methoxy groups -OCH3 is 1. The predicted molar refractivity (Wildman–Crippen MR) is 151 cm³/mol. The molecule has 1 saturated heterocycles. The summed E-state index contributed by atoms with van der Waals surface area (Å²) in [6.45, 7) is 7.24. The average Bonchev–Trinajstić information content (AvgIpc) is 2.98. The molecular weight excluding hydrogens is 492 g/mol. The molecule has 0 bridgehead atoms. The van der Waals surface area contributed by atoms with Crippen LogP contribution in [0, 0.1) is 6.92 Å². The summed E-state index contributed by atoms with van der Waals surface area (Å²) >= 11 is 0. The number of carbonyl (C=O) groups excluding carboxylic acids is 1. The standard InChI is InChI=1S/C32H34N2O5/c1-23-10-11-28(26(20-23)32(35)24-8-4-3-5-9-24)39-29-12-13-33-27-22-31(30(36-2)21-25(27)29)38-17-7-6-14-34-15-18-37-19-16-34/h3-5,8-13,20-22H,6-7,14-19H2,1-2H3. The smallest absolute Gasteiger partial charge is 0.196 e. The molecule has 1 aliphatic rings. The lowest BCUT2D eigenvalue weighted by molar-refractivity contribution is 0.0368. The van der Waals surface area contributed by atoms with Crippen LogP contribution in [0.5, 0.6) is 23.0 Å². The second-order valence-electron chi connectivity index (χ2n) is 9.64. The van der Waals surface area contributed by atoms with Crippen LogP contribution in [0.2, 0.25) is 0 Å². The first-order chi connectivity index (χ1) is 19.1. The number of morpholine rings is 1. The zero-order valence-corrected chi connectivity index (χ0v) is 22.5. The molecule has 0 N–H and O–H groups in total. The van der Waals surface area contributed by atoms with E-state index in [1.807, 2.05) is 67.6 Å². The van der Waals surface area contributed by atoms with Gasteiger partial charge in [-0.05, 0) is 50.6 Å². The fraction of sp³-hybridized carbons (Fsp3) is 0.312. The van der Waals surface area contributed by atoms with Gasteiger partial charge in [0.15, 0.2) is 17.3 Å². The van der Waals surface area contributed by atoms with Gasteiger partial charge in [-0.25, -0.2) is 0 Å². The Morgan fingerprint density at radius 3 is 2.54 bits per heavy atom. The van der Waals surface area contributed by atoms with E-state index in [9.17, 15) is 4.79 Å². The Hall–Kier alpha value is -3.94. The Morgan fingerprint density at radius 1 is 0.923 bits per heavy atom. The fourth-order valence-corrected chi connectivity index (χ4v) is 4.71. The van der Waals surface area contributed by atoms with Crippen LogP contribution in [0.25, 0.3) is 10.9 Å². The van der Waals surface area contributed by atoms with Gasteiger partial charge >= 0.3 is 0 Å². The third-order valence-electron chi connectivity index (χ3n) is 6.85. The van der Waals surface area contributed by atoms with E-state index in [4.69, 9.17) is 18.9 Å². The van der Waals surface area contributed by atoms with Crippen molar-refractivity contribution in [3.8, 4) is 23.0 Å². The molecule has 0 spiro atoms. The van der Waals surface area contributed by atoms with Crippen molar-refractivity contribution >= 4 is 16.7 Å². The van der Waals surface area contributed by atoms with Gasteiger partial charge in [-0.15, -0.1) is 0 Å². The van der Waals surface area contributed by atoms with Crippen molar-refractivity contribution in [3.05, 3.63) is 89.6 Å². The van der Waals surface area contributed by atoms with E-state index in [0.29, 0.717) is 40.7 Å². The van der Waals surface area contributed by atoms with Gasteiger partial charge in [-0.2, -0.15) is 0 Å². The zero-order valence-electron chi connectivity index (χ0n) is 22.5. The Balaban J connectivity index is 1.33. The summed E-state index contributed by atoms with van der Waals surface area (Å²) in [7, 11) is 1.62. The average molecular weight is 527 g/mol. The van der Waals surface area contributed by atoms with Crippen LogP contribution >= 0.6 is 0 Å². The maximum absolute atomic E-state index is 13.3. The second-order valence-corrected chi connectivity index (χ2v) is 9.64. The van der Waals surface area contributed by atoms with Gasteiger partial charge in [0.2, 0.25) is 0 Å². The van der Waals surface area contributed by atoms with E-state index in [-0.39, 0.29) is 5.78 Å². The van der Waals surface area contributed by atoms with E-state index >= 15 is 0 Å². The number of aromatic nitrogens is 1. The van der Waals surface area contributed by atoms with Crippen LogP contribution in [-0.2, 0) is 4.74 Å². The summed E-state index contributed by atoms with van der Waals surface area (Å²) in [4.78, 5) is 20.3. The first-order valence-corrected chi connectivity index (χ1v) is 13.4. The molecule has 202 valence electrons. The van der Waals surface area contributed by atoms with Crippen molar-refractivity contribution in [2.45, 2.75) is 19.8 Å². The van der Waals surface area contributed by atoms with Crippen LogP contribution in [0.3, 0.4) is 0 Å². The molecule has 7 heteroatoms. The highest BCUT2D eigenvalue weighted by molar-refractivity contribution is 6.11. The highest BCUT2D eigenvalue weighted by Gasteiger charge is 2.18. The number of nitrogens with zero attached hydrogens (tertiary/aromatic N) is 2. The van der Waals surface area contributed by atoms with Crippen molar-refractivity contribution in [2.75, 3.05) is 46.6 Å². The lowest BCUT2D eigenvalue weighted by Crippen LogP contribution is -2.36. The Labute approximate surface area is 229 Å². The molecule has 1 aromatic heterocycles. The molecule has 7 nitrogen and oxygen atoms in total. The monoisotopic (exact) mass is 526 g/mol. The molecule has 39 heavy (non-hydrogen) atoms. The normalized spacial score (nSPS) is 13.8. The number of fused-ring (bicyclic) bond motifs is 1. The molecule has 1 aliphatic heterocycles. The third kappa shape index (κ3) is 6.56. The third-order valence-corrected chi connectivity index (χ3v) is 6.85. The molecule has 3 aromatic carbocycles. The summed E-state index contributed by atoms with van der Waals surface area (Å²) in [6.07, 6.45) is 3.70. The predicted octanol–water partition coefficient (Wildman–Crippen LogP) is 6.07. The van der Waals surface area contributed by atoms with Crippen molar-refractivity contribution in [1.29, 1.82) is 0 Å². The number of pyridine rings is 1. The van der Waals surface area contributed by atoms with Crippen molar-refractivity contribution in [1.82, 2.24) is 9.88 Å². The largest absolute Gasteiger partial charge is 0.493 e. The summed E-state index contributed by atoms with van der Waals surface area (Å²) in [5.41, 5.74) is 2.82. The molecule has 0 aliphatic carbocycles. The van der Waals surface area contributed by atoms with E-state index < -0.39 is 0 Å². The van der Waals surface area contributed by atoms with Crippen LogP contribution in [0.4, 0.5) is 0 Å². The topological polar surface area (TPSA) is 70.1 Å². The van der Waals surface area contributed by atoms with Crippen LogP contribution in [-0.4, -0.2) is 62.2 Å².